The van der Waals surface area contributed by atoms with Gasteiger partial charge in [0.05, 0.1) is 5.56 Å². The lowest BCUT2D eigenvalue weighted by Crippen LogP contribution is -2.30. The van der Waals surface area contributed by atoms with E-state index >= 15 is 4.39 Å². The van der Waals surface area contributed by atoms with Crippen LogP contribution < -0.4 is 10.2 Å². The van der Waals surface area contributed by atoms with Crippen molar-refractivity contribution in [2.45, 2.75) is 25.9 Å². The summed E-state index contributed by atoms with van der Waals surface area (Å²) in [5.41, 5.74) is 4.89. The van der Waals surface area contributed by atoms with Crippen LogP contribution in [0.3, 0.4) is 0 Å². The van der Waals surface area contributed by atoms with Crippen LogP contribution in [0.1, 0.15) is 43.8 Å². The summed E-state index contributed by atoms with van der Waals surface area (Å²) in [5.74, 6) is -1.63. The molecule has 0 aromatic heterocycles. The summed E-state index contributed by atoms with van der Waals surface area (Å²) < 4.78 is 15.7. The Kier molecular flexibility index (Phi) is 6.99. The number of rotatable bonds is 7. The van der Waals surface area contributed by atoms with E-state index in [0.29, 0.717) is 29.8 Å². The van der Waals surface area contributed by atoms with Gasteiger partial charge < -0.3 is 15.3 Å². The minimum absolute atomic E-state index is 0.0694. The van der Waals surface area contributed by atoms with Crippen LogP contribution in [0.2, 0.25) is 0 Å². The number of anilines is 1. The van der Waals surface area contributed by atoms with E-state index in [9.17, 15) is 14.7 Å². The highest BCUT2D eigenvalue weighted by atomic mass is 19.1. The number of nitrogens with zero attached hydrogens (tertiary/aromatic N) is 1. The van der Waals surface area contributed by atoms with E-state index in [-0.39, 0.29) is 17.0 Å². The number of aryl methyl sites for hydroxylation is 1. The molecule has 4 aromatic carbocycles. The highest BCUT2D eigenvalue weighted by Crippen LogP contribution is 2.32. The maximum Gasteiger partial charge on any atom is 0.336 e. The first-order valence-corrected chi connectivity index (χ1v) is 12.3. The molecule has 1 amide bonds. The Bertz CT molecular complexity index is 1450. The third-order valence-electron chi connectivity index (χ3n) is 6.74. The normalized spacial score (nSPS) is 12.6. The van der Waals surface area contributed by atoms with Gasteiger partial charge in [0, 0.05) is 42.0 Å². The number of halogens is 1. The van der Waals surface area contributed by atoms with Gasteiger partial charge in [-0.1, -0.05) is 66.7 Å². The molecular formula is C31H27FN2O3. The zero-order chi connectivity index (χ0) is 25.8. The van der Waals surface area contributed by atoms with Gasteiger partial charge in [-0.05, 0) is 53.8 Å². The van der Waals surface area contributed by atoms with Gasteiger partial charge in [0.1, 0.15) is 5.82 Å². The summed E-state index contributed by atoms with van der Waals surface area (Å²) in [4.78, 5) is 26.5. The third-order valence-corrected chi connectivity index (χ3v) is 6.74. The minimum atomic E-state index is -1.09. The quantitative estimate of drug-likeness (QED) is 0.327. The Morgan fingerprint density at radius 3 is 2.46 bits per heavy atom. The SMILES string of the molecule is O=C(NCc1ccccc1)c1ccc2c(c1)CCCN2Cc1cccc(-c2ccccc2C(=O)O)c1F. The van der Waals surface area contributed by atoms with Crippen molar-refractivity contribution >= 4 is 17.6 Å². The van der Waals surface area contributed by atoms with Gasteiger partial charge in [-0.15, -0.1) is 0 Å². The first-order valence-electron chi connectivity index (χ1n) is 12.3. The largest absolute Gasteiger partial charge is 0.478 e. The standard InChI is InChI=1S/C31H27FN2O3/c32-29-24(10-6-14-26(29)25-12-4-5-13-27(25)31(36)37)20-34-17-7-11-22-18-23(15-16-28(22)34)30(35)33-19-21-8-2-1-3-9-21/h1-6,8-10,12-16,18H,7,11,17,19-20H2,(H,33,35)(H,36,37). The highest BCUT2D eigenvalue weighted by molar-refractivity contribution is 5.96. The lowest BCUT2D eigenvalue weighted by Gasteiger charge is -2.32. The number of carboxylic acids is 1. The van der Waals surface area contributed by atoms with Gasteiger partial charge in [-0.25, -0.2) is 9.18 Å². The second kappa shape index (κ2) is 10.7. The second-order valence-corrected chi connectivity index (χ2v) is 9.17. The molecule has 0 saturated carbocycles. The van der Waals surface area contributed by atoms with Crippen molar-refractivity contribution in [3.8, 4) is 11.1 Å². The van der Waals surface area contributed by atoms with Crippen LogP contribution in [0, 0.1) is 5.82 Å². The Labute approximate surface area is 215 Å². The van der Waals surface area contributed by atoms with Gasteiger partial charge in [0.2, 0.25) is 0 Å². The van der Waals surface area contributed by atoms with Crippen LogP contribution in [0.4, 0.5) is 10.1 Å². The Morgan fingerprint density at radius 1 is 0.892 bits per heavy atom. The first kappa shape index (κ1) is 24.3. The highest BCUT2D eigenvalue weighted by Gasteiger charge is 2.22. The average Bonchev–Trinajstić information content (AvgIpc) is 2.93. The molecule has 1 heterocycles. The van der Waals surface area contributed by atoms with Crippen LogP contribution >= 0.6 is 0 Å². The van der Waals surface area contributed by atoms with Crippen molar-refractivity contribution in [3.63, 3.8) is 0 Å². The third kappa shape index (κ3) is 5.23. The first-order chi connectivity index (χ1) is 18.0. The van der Waals surface area contributed by atoms with E-state index in [0.717, 1.165) is 36.2 Å². The molecule has 1 aliphatic rings. The van der Waals surface area contributed by atoms with Crippen molar-refractivity contribution < 1.29 is 19.1 Å². The molecule has 5 rings (SSSR count). The summed E-state index contributed by atoms with van der Waals surface area (Å²) in [5, 5.41) is 12.5. The second-order valence-electron chi connectivity index (χ2n) is 9.17. The molecule has 37 heavy (non-hydrogen) atoms. The van der Waals surface area contributed by atoms with Crippen molar-refractivity contribution in [1.82, 2.24) is 5.32 Å². The summed E-state index contributed by atoms with van der Waals surface area (Å²) in [7, 11) is 0. The number of amides is 1. The topological polar surface area (TPSA) is 69.6 Å². The zero-order valence-electron chi connectivity index (χ0n) is 20.3. The van der Waals surface area contributed by atoms with E-state index < -0.39 is 11.8 Å². The zero-order valence-corrected chi connectivity index (χ0v) is 20.3. The number of carbonyl (C=O) groups is 2. The smallest absolute Gasteiger partial charge is 0.336 e. The van der Waals surface area contributed by atoms with Crippen LogP contribution in [0.15, 0.2) is 91.0 Å². The molecule has 2 N–H and O–H groups in total. The number of benzene rings is 4. The van der Waals surface area contributed by atoms with Crippen molar-refractivity contribution in [2.75, 3.05) is 11.4 Å². The Morgan fingerprint density at radius 2 is 1.65 bits per heavy atom. The van der Waals surface area contributed by atoms with Gasteiger partial charge in [0.15, 0.2) is 0 Å². The summed E-state index contributed by atoms with van der Waals surface area (Å²) in [6.45, 7) is 1.58. The Balaban J connectivity index is 1.36. The van der Waals surface area contributed by atoms with E-state index in [1.165, 1.54) is 6.07 Å². The van der Waals surface area contributed by atoms with Gasteiger partial charge >= 0.3 is 5.97 Å². The number of fused-ring (bicyclic) bond motifs is 1. The molecule has 0 unspecified atom stereocenters. The Hall–Kier alpha value is -4.45. The summed E-state index contributed by atoms with van der Waals surface area (Å²) >= 11 is 0. The van der Waals surface area contributed by atoms with E-state index in [1.807, 2.05) is 48.5 Å². The number of nitrogens with one attached hydrogen (secondary N) is 1. The molecule has 0 atom stereocenters. The van der Waals surface area contributed by atoms with Crippen LogP contribution in [-0.2, 0) is 19.5 Å². The fourth-order valence-corrected chi connectivity index (χ4v) is 4.88. The molecular weight excluding hydrogens is 467 g/mol. The number of carboxylic acid groups (broad SMARTS) is 1. The van der Waals surface area contributed by atoms with E-state index in [1.54, 1.807) is 36.4 Å². The fourth-order valence-electron chi connectivity index (χ4n) is 4.88. The molecule has 0 saturated heterocycles. The number of aromatic carboxylic acids is 1. The lowest BCUT2D eigenvalue weighted by atomic mass is 9.96. The van der Waals surface area contributed by atoms with Gasteiger partial charge in [-0.3, -0.25) is 4.79 Å². The molecule has 1 aliphatic heterocycles. The van der Waals surface area contributed by atoms with Crippen molar-refractivity contribution in [1.29, 1.82) is 0 Å². The molecule has 0 fully saturated rings. The number of hydrogen-bond acceptors (Lipinski definition) is 3. The van der Waals surface area contributed by atoms with Crippen LogP contribution in [0.5, 0.6) is 0 Å². The molecule has 0 radical (unpaired) electrons. The number of carbonyl (C=O) groups excluding carboxylic acids is 1. The van der Waals surface area contributed by atoms with Crippen molar-refractivity contribution in [2.24, 2.45) is 0 Å². The minimum Gasteiger partial charge on any atom is -0.478 e. The predicted molar refractivity (Wildman–Crippen MR) is 142 cm³/mol. The van der Waals surface area contributed by atoms with Gasteiger partial charge in [-0.2, -0.15) is 0 Å². The van der Waals surface area contributed by atoms with Crippen LogP contribution in [-0.4, -0.2) is 23.5 Å². The lowest BCUT2D eigenvalue weighted by molar-refractivity contribution is 0.0697. The summed E-state index contributed by atoms with van der Waals surface area (Å²) in [6, 6.07) is 27.0. The molecule has 0 aliphatic carbocycles. The molecule has 4 aromatic rings. The molecule has 6 heteroatoms. The monoisotopic (exact) mass is 494 g/mol. The average molecular weight is 495 g/mol. The number of hydrogen-bond donors (Lipinski definition) is 2. The van der Waals surface area contributed by atoms with E-state index in [4.69, 9.17) is 0 Å². The summed E-state index contributed by atoms with van der Waals surface area (Å²) in [6.07, 6.45) is 1.74. The van der Waals surface area contributed by atoms with Crippen LogP contribution in [0.25, 0.3) is 11.1 Å². The molecule has 0 bridgehead atoms. The van der Waals surface area contributed by atoms with Crippen molar-refractivity contribution in [3.05, 3.63) is 125 Å². The van der Waals surface area contributed by atoms with Gasteiger partial charge in [0.25, 0.3) is 5.91 Å². The fraction of sp³-hybridized carbons (Fsp3) is 0.161. The molecule has 186 valence electrons. The molecule has 0 spiro atoms. The van der Waals surface area contributed by atoms with E-state index in [2.05, 4.69) is 10.2 Å². The maximum atomic E-state index is 15.7. The molecule has 5 nitrogen and oxygen atoms in total. The predicted octanol–water partition coefficient (Wildman–Crippen LogP) is 6.07. The maximum absolute atomic E-state index is 15.7.